The van der Waals surface area contributed by atoms with Gasteiger partial charge in [0.05, 0.1) is 11.6 Å². The van der Waals surface area contributed by atoms with Crippen molar-refractivity contribution in [1.82, 2.24) is 4.57 Å². The lowest BCUT2D eigenvalue weighted by atomic mass is 10.1. The summed E-state index contributed by atoms with van der Waals surface area (Å²) in [6.07, 6.45) is 0. The van der Waals surface area contributed by atoms with Gasteiger partial charge in [0.2, 0.25) is 0 Å². The summed E-state index contributed by atoms with van der Waals surface area (Å²) in [7, 11) is 0. The van der Waals surface area contributed by atoms with Crippen LogP contribution in [0.25, 0.3) is 22.2 Å². The maximum Gasteiger partial charge on any atom is 0.119 e. The molecule has 0 spiro atoms. The van der Waals surface area contributed by atoms with Gasteiger partial charge in [-0.05, 0) is 54.8 Å². The maximum absolute atomic E-state index is 5.71. The Bertz CT molecular complexity index is 1080. The highest BCUT2D eigenvalue weighted by molar-refractivity contribution is 6.18. The molecule has 0 saturated heterocycles. The second kappa shape index (κ2) is 10.4. The molecule has 3 heteroatoms. The van der Waals surface area contributed by atoms with Crippen LogP contribution < -0.4 is 4.74 Å². The first-order valence-electron chi connectivity index (χ1n) is 10.6. The van der Waals surface area contributed by atoms with Crippen molar-refractivity contribution in [1.29, 1.82) is 0 Å². The molecule has 0 atom stereocenters. The molecule has 1 aromatic heterocycles. The van der Waals surface area contributed by atoms with E-state index in [1.54, 1.807) is 0 Å². The number of hydrogen-bond donors (Lipinski definition) is 0. The molecule has 1 heterocycles. The van der Waals surface area contributed by atoms with E-state index in [4.69, 9.17) is 16.3 Å². The van der Waals surface area contributed by atoms with Crippen LogP contribution in [0.1, 0.15) is 30.5 Å². The van der Waals surface area contributed by atoms with Crippen molar-refractivity contribution in [2.45, 2.75) is 34.2 Å². The second-order valence-electron chi connectivity index (χ2n) is 7.13. The number of hydrogen-bond acceptors (Lipinski definition) is 1. The van der Waals surface area contributed by atoms with Crippen LogP contribution in [-0.4, -0.2) is 17.1 Å². The number of benzene rings is 3. The van der Waals surface area contributed by atoms with Gasteiger partial charge in [0.25, 0.3) is 0 Å². The summed E-state index contributed by atoms with van der Waals surface area (Å²) in [5.74, 6) is 1.35. The Morgan fingerprint density at radius 1 is 0.867 bits per heavy atom. The van der Waals surface area contributed by atoms with Gasteiger partial charge in [-0.1, -0.05) is 67.9 Å². The molecule has 4 aromatic rings. The summed E-state index contributed by atoms with van der Waals surface area (Å²) < 4.78 is 8.03. The molecule has 0 aliphatic rings. The van der Waals surface area contributed by atoms with Gasteiger partial charge in [-0.25, -0.2) is 0 Å². The molecule has 4 rings (SSSR count). The van der Waals surface area contributed by atoms with Crippen LogP contribution in [0.4, 0.5) is 0 Å². The fourth-order valence-corrected chi connectivity index (χ4v) is 3.88. The third-order valence-corrected chi connectivity index (χ3v) is 5.28. The lowest BCUT2D eigenvalue weighted by Gasteiger charge is -2.13. The molecule has 0 fully saturated rings. The molecule has 30 heavy (non-hydrogen) atoms. The molecule has 0 radical (unpaired) electrons. The topological polar surface area (TPSA) is 14.2 Å². The van der Waals surface area contributed by atoms with Crippen molar-refractivity contribution in [3.05, 3.63) is 89.5 Å². The second-order valence-corrected chi connectivity index (χ2v) is 7.51. The van der Waals surface area contributed by atoms with E-state index in [1.165, 1.54) is 38.9 Å². The minimum atomic E-state index is 0.496. The Kier molecular flexibility index (Phi) is 7.59. The zero-order valence-electron chi connectivity index (χ0n) is 18.3. The zero-order chi connectivity index (χ0) is 21.5. The number of aromatic nitrogens is 1. The lowest BCUT2D eigenvalue weighted by molar-refractivity contribution is 0.342. The minimum absolute atomic E-state index is 0.496. The first-order chi connectivity index (χ1) is 14.7. The van der Waals surface area contributed by atoms with E-state index in [0.717, 1.165) is 12.3 Å². The zero-order valence-corrected chi connectivity index (χ0v) is 19.0. The first-order valence-corrected chi connectivity index (χ1v) is 11.1. The molecule has 0 aliphatic heterocycles. The highest BCUT2D eigenvalue weighted by atomic mass is 35.5. The van der Waals surface area contributed by atoms with E-state index < -0.39 is 0 Å². The van der Waals surface area contributed by atoms with E-state index in [9.17, 15) is 0 Å². The van der Waals surface area contributed by atoms with Gasteiger partial charge in [-0.2, -0.15) is 0 Å². The van der Waals surface area contributed by atoms with Gasteiger partial charge in [-0.3, -0.25) is 0 Å². The van der Waals surface area contributed by atoms with Crippen LogP contribution in [0.2, 0.25) is 0 Å². The van der Waals surface area contributed by atoms with Crippen LogP contribution >= 0.6 is 11.6 Å². The van der Waals surface area contributed by atoms with Crippen LogP contribution in [-0.2, 0) is 6.54 Å². The van der Waals surface area contributed by atoms with Gasteiger partial charge in [-0.15, -0.1) is 11.6 Å². The summed E-state index contributed by atoms with van der Waals surface area (Å²) in [4.78, 5) is 0. The highest BCUT2D eigenvalue weighted by Crippen LogP contribution is 2.34. The van der Waals surface area contributed by atoms with Gasteiger partial charge in [0.1, 0.15) is 12.4 Å². The number of alkyl halides is 1. The fraction of sp³-hybridized carbons (Fsp3) is 0.259. The van der Waals surface area contributed by atoms with Crippen molar-refractivity contribution in [3.8, 4) is 17.0 Å². The standard InChI is InChI=1S/C25H24ClNO.C2H6/c1-18-8-13-24-23(16-18)19(2)25(21-6-4-3-5-7-21)27(24)17-20-9-11-22(12-10-20)28-15-14-26;1-2/h3-13,16H,14-15,17H2,1-2H3;1-2H3. The summed E-state index contributed by atoms with van der Waals surface area (Å²) in [5, 5.41) is 1.32. The van der Waals surface area contributed by atoms with E-state index in [-0.39, 0.29) is 0 Å². The fourth-order valence-electron chi connectivity index (χ4n) is 3.80. The van der Waals surface area contributed by atoms with E-state index >= 15 is 0 Å². The van der Waals surface area contributed by atoms with Gasteiger partial charge in [0, 0.05) is 17.4 Å². The highest BCUT2D eigenvalue weighted by Gasteiger charge is 2.16. The van der Waals surface area contributed by atoms with Crippen molar-refractivity contribution >= 4 is 22.5 Å². The molecule has 0 bridgehead atoms. The number of aryl methyl sites for hydroxylation is 2. The van der Waals surface area contributed by atoms with Crippen molar-refractivity contribution in [2.24, 2.45) is 0 Å². The Morgan fingerprint density at radius 3 is 2.23 bits per heavy atom. The molecule has 0 N–H and O–H groups in total. The Labute approximate surface area is 185 Å². The number of nitrogens with zero attached hydrogens (tertiary/aromatic N) is 1. The van der Waals surface area contributed by atoms with Crippen LogP contribution in [0.5, 0.6) is 5.75 Å². The summed E-state index contributed by atoms with van der Waals surface area (Å²) in [6.45, 7) is 9.72. The molecule has 0 saturated carbocycles. The number of halogens is 1. The molecule has 0 amide bonds. The van der Waals surface area contributed by atoms with E-state index in [2.05, 4.69) is 79.1 Å². The minimum Gasteiger partial charge on any atom is -0.492 e. The average molecular weight is 420 g/mol. The van der Waals surface area contributed by atoms with Crippen molar-refractivity contribution in [2.75, 3.05) is 12.5 Å². The van der Waals surface area contributed by atoms with Crippen LogP contribution in [0.3, 0.4) is 0 Å². The third kappa shape index (κ3) is 4.71. The van der Waals surface area contributed by atoms with Crippen LogP contribution in [0, 0.1) is 13.8 Å². The Hall–Kier alpha value is -2.71. The lowest BCUT2D eigenvalue weighted by Crippen LogP contribution is -2.03. The normalized spacial score (nSPS) is 10.6. The molecular formula is C27H30ClNO. The van der Waals surface area contributed by atoms with E-state index in [1.807, 2.05) is 26.0 Å². The number of rotatable bonds is 6. The largest absolute Gasteiger partial charge is 0.492 e. The van der Waals surface area contributed by atoms with Gasteiger partial charge in [0.15, 0.2) is 0 Å². The summed E-state index contributed by atoms with van der Waals surface area (Å²) >= 11 is 5.71. The number of ether oxygens (including phenoxy) is 1. The summed E-state index contributed by atoms with van der Waals surface area (Å²) in [6, 6.07) is 25.7. The molecule has 0 unspecified atom stereocenters. The molecule has 0 aliphatic carbocycles. The molecule has 3 aromatic carbocycles. The van der Waals surface area contributed by atoms with Gasteiger partial charge >= 0.3 is 0 Å². The molecular weight excluding hydrogens is 390 g/mol. The predicted octanol–water partition coefficient (Wildman–Crippen LogP) is 7.62. The molecule has 2 nitrogen and oxygen atoms in total. The van der Waals surface area contributed by atoms with Crippen molar-refractivity contribution in [3.63, 3.8) is 0 Å². The monoisotopic (exact) mass is 419 g/mol. The smallest absolute Gasteiger partial charge is 0.119 e. The Morgan fingerprint density at radius 2 is 1.57 bits per heavy atom. The first kappa shape index (κ1) is 22.0. The number of fused-ring (bicyclic) bond motifs is 1. The SMILES string of the molecule is CC.Cc1ccc2c(c1)c(C)c(-c1ccccc1)n2Cc1ccc(OCCCl)cc1. The molecule has 156 valence electrons. The third-order valence-electron chi connectivity index (χ3n) is 5.13. The predicted molar refractivity (Wildman–Crippen MR) is 130 cm³/mol. The average Bonchev–Trinajstić information content (AvgIpc) is 3.06. The maximum atomic E-state index is 5.71. The van der Waals surface area contributed by atoms with E-state index in [0.29, 0.717) is 12.5 Å². The van der Waals surface area contributed by atoms with Crippen LogP contribution in [0.15, 0.2) is 72.8 Å². The van der Waals surface area contributed by atoms with Gasteiger partial charge < -0.3 is 9.30 Å². The summed E-state index contributed by atoms with van der Waals surface area (Å²) in [5.41, 5.74) is 7.65. The van der Waals surface area contributed by atoms with Crippen molar-refractivity contribution < 1.29 is 4.74 Å². The Balaban J connectivity index is 0.00000124. The quantitative estimate of drug-likeness (QED) is 0.293.